The van der Waals surface area contributed by atoms with Crippen LogP contribution in [0, 0.1) is 4.77 Å². The van der Waals surface area contributed by atoms with E-state index in [2.05, 4.69) is 20.8 Å². The van der Waals surface area contributed by atoms with Crippen LogP contribution in [0.3, 0.4) is 0 Å². The third kappa shape index (κ3) is 6.92. The zero-order valence-corrected chi connectivity index (χ0v) is 27.3. The molecule has 0 bridgehead atoms. The van der Waals surface area contributed by atoms with Gasteiger partial charge in [0.05, 0.1) is 29.5 Å². The van der Waals surface area contributed by atoms with Gasteiger partial charge in [0.15, 0.2) is 5.11 Å². The van der Waals surface area contributed by atoms with E-state index in [1.165, 1.54) is 6.33 Å². The summed E-state index contributed by atoms with van der Waals surface area (Å²) in [5, 5.41) is 31.9. The number of halogens is 4. The Balaban J connectivity index is 0.000000168. The number of hydrogen-bond donors (Lipinski definition) is 5. The number of benzene rings is 2. The minimum absolute atomic E-state index is 0.264. The van der Waals surface area contributed by atoms with E-state index < -0.39 is 21.0 Å². The van der Waals surface area contributed by atoms with Crippen LogP contribution in [0.2, 0.25) is 10.0 Å². The van der Waals surface area contributed by atoms with E-state index in [0.717, 1.165) is 36.8 Å². The van der Waals surface area contributed by atoms with Gasteiger partial charge in [-0.2, -0.15) is 0 Å². The Morgan fingerprint density at radius 3 is 1.74 bits per heavy atom. The highest BCUT2D eigenvalue weighted by molar-refractivity contribution is 7.80. The number of H-pyrrole nitrogens is 1. The van der Waals surface area contributed by atoms with Crippen LogP contribution >= 0.6 is 70.8 Å². The first-order chi connectivity index (χ1) is 19.9. The summed E-state index contributed by atoms with van der Waals surface area (Å²) in [6.45, 7) is 1.16. The predicted molar refractivity (Wildman–Crippen MR) is 174 cm³/mol. The number of aliphatic hydroxyl groups is 2. The van der Waals surface area contributed by atoms with Crippen molar-refractivity contribution in [3.05, 3.63) is 80.8 Å². The summed E-state index contributed by atoms with van der Waals surface area (Å²) in [6, 6.07) is 15.0. The minimum Gasteiger partial charge on any atom is -0.386 e. The van der Waals surface area contributed by atoms with Crippen LogP contribution in [0.25, 0.3) is 0 Å². The molecule has 2 aliphatic carbocycles. The van der Waals surface area contributed by atoms with E-state index in [-0.39, 0.29) is 6.54 Å². The van der Waals surface area contributed by atoms with Crippen LogP contribution < -0.4 is 10.7 Å². The first-order valence-corrected chi connectivity index (χ1v) is 15.9. The van der Waals surface area contributed by atoms with Gasteiger partial charge in [-0.1, -0.05) is 59.6 Å². The Labute approximate surface area is 275 Å². The van der Waals surface area contributed by atoms with Crippen LogP contribution in [0.15, 0.2) is 54.9 Å². The number of β-amino-alcohol motifs (C(OH)–C–C–N with tert-alkyl or cyclic N) is 1. The first kappa shape index (κ1) is 31.9. The van der Waals surface area contributed by atoms with Crippen LogP contribution in [0.4, 0.5) is 0 Å². The SMILES string of the molecule is OC(Cc1ccccc1Cl)(CN1NCNC1=S)C1(Cl)CC1.OC(Cc1ccccc1Cl)(Cn1[nH]cnc1=S)C1(Cl)CC1. The van der Waals surface area contributed by atoms with Crippen molar-refractivity contribution in [2.75, 3.05) is 13.2 Å². The van der Waals surface area contributed by atoms with Crippen LogP contribution in [0.5, 0.6) is 0 Å². The van der Waals surface area contributed by atoms with E-state index in [1.54, 1.807) is 9.69 Å². The van der Waals surface area contributed by atoms with Crippen molar-refractivity contribution >= 4 is 76.0 Å². The fourth-order valence-electron chi connectivity index (χ4n) is 5.20. The molecule has 2 aromatic carbocycles. The zero-order chi connectivity index (χ0) is 30.2. The fourth-order valence-corrected chi connectivity index (χ4v) is 6.41. The number of hydrazine groups is 1. The molecule has 2 saturated carbocycles. The molecule has 3 aromatic rings. The molecule has 2 heterocycles. The van der Waals surface area contributed by atoms with Gasteiger partial charge >= 0.3 is 0 Å². The molecular formula is C28H32Cl4N6O2S2. The number of nitrogens with zero attached hydrogens (tertiary/aromatic N) is 3. The van der Waals surface area contributed by atoms with Gasteiger partial charge in [0, 0.05) is 22.9 Å². The Hall–Kier alpha value is -1.47. The molecule has 3 fully saturated rings. The van der Waals surface area contributed by atoms with E-state index in [0.29, 0.717) is 46.0 Å². The van der Waals surface area contributed by atoms with Gasteiger partial charge in [-0.15, -0.1) is 23.2 Å². The largest absolute Gasteiger partial charge is 0.386 e. The van der Waals surface area contributed by atoms with Gasteiger partial charge in [-0.25, -0.2) is 10.4 Å². The molecule has 42 heavy (non-hydrogen) atoms. The number of aromatic nitrogens is 3. The molecule has 2 unspecified atom stereocenters. The van der Waals surface area contributed by atoms with Gasteiger partial charge in [-0.05, 0) is 73.4 Å². The second-order valence-electron chi connectivity index (χ2n) is 11.2. The monoisotopic (exact) mass is 688 g/mol. The smallest absolute Gasteiger partial charge is 0.215 e. The lowest BCUT2D eigenvalue weighted by Gasteiger charge is -2.36. The molecule has 3 aliphatic rings. The zero-order valence-electron chi connectivity index (χ0n) is 22.6. The Morgan fingerprint density at radius 1 is 0.833 bits per heavy atom. The molecular weight excluding hydrogens is 658 g/mol. The van der Waals surface area contributed by atoms with E-state index in [9.17, 15) is 10.2 Å². The van der Waals surface area contributed by atoms with Gasteiger partial charge in [0.2, 0.25) is 4.77 Å². The second kappa shape index (κ2) is 12.5. The average molecular weight is 691 g/mol. The molecule has 8 nitrogen and oxygen atoms in total. The summed E-state index contributed by atoms with van der Waals surface area (Å²) in [6.07, 6.45) is 5.42. The molecule has 14 heteroatoms. The fraction of sp³-hybridized carbons (Fsp3) is 0.464. The van der Waals surface area contributed by atoms with Crippen molar-refractivity contribution in [2.24, 2.45) is 0 Å². The van der Waals surface area contributed by atoms with Crippen molar-refractivity contribution in [3.8, 4) is 0 Å². The van der Waals surface area contributed by atoms with Crippen molar-refractivity contribution in [2.45, 2.75) is 66.0 Å². The highest BCUT2D eigenvalue weighted by Crippen LogP contribution is 2.54. The molecule has 226 valence electrons. The summed E-state index contributed by atoms with van der Waals surface area (Å²) < 4.78 is 2.03. The van der Waals surface area contributed by atoms with Crippen molar-refractivity contribution in [3.63, 3.8) is 0 Å². The standard InChI is InChI=1S/C14H17Cl2N3OS.C14H15Cl2N3OS/c2*15-11-4-2-1-3-10(11)7-14(20,13(16)5-6-13)8-19-12(21)17-9-18-19/h1-4,18,20H,5-9H2,(H,17,21);1-4,9,20H,5-8H2,(H,17,18,21). The maximum absolute atomic E-state index is 11.2. The summed E-state index contributed by atoms with van der Waals surface area (Å²) in [5.74, 6) is 0. The average Bonchev–Trinajstić information content (AvgIpc) is 3.81. The number of aromatic amines is 1. The van der Waals surface area contributed by atoms with Gasteiger partial charge in [0.25, 0.3) is 0 Å². The highest BCUT2D eigenvalue weighted by atomic mass is 35.5. The minimum atomic E-state index is -1.13. The van der Waals surface area contributed by atoms with Crippen LogP contribution in [-0.2, 0) is 19.4 Å². The Bertz CT molecular complexity index is 1500. The summed E-state index contributed by atoms with van der Waals surface area (Å²) in [4.78, 5) is 2.73. The molecule has 2 atom stereocenters. The van der Waals surface area contributed by atoms with E-state index in [4.69, 9.17) is 70.8 Å². The topological polar surface area (TPSA) is 101 Å². The Morgan fingerprint density at radius 2 is 1.33 bits per heavy atom. The highest BCUT2D eigenvalue weighted by Gasteiger charge is 2.59. The molecule has 1 aromatic heterocycles. The van der Waals surface area contributed by atoms with Crippen molar-refractivity contribution < 1.29 is 10.2 Å². The lowest BCUT2D eigenvalue weighted by Crippen LogP contribution is -2.55. The third-order valence-corrected chi connectivity index (χ3v) is 11.0. The van der Waals surface area contributed by atoms with Gasteiger partial charge < -0.3 is 15.5 Å². The molecule has 5 N–H and O–H groups in total. The lowest BCUT2D eigenvalue weighted by molar-refractivity contribution is 0.00278. The molecule has 0 radical (unpaired) electrons. The van der Waals surface area contributed by atoms with E-state index >= 15 is 0 Å². The number of nitrogens with one attached hydrogen (secondary N) is 3. The number of rotatable bonds is 10. The number of alkyl halides is 2. The molecule has 6 rings (SSSR count). The first-order valence-electron chi connectivity index (χ1n) is 13.6. The number of thiocarbonyl (C=S) groups is 1. The normalized spacial score (nSPS) is 21.0. The quantitative estimate of drug-likeness (QED) is 0.143. The maximum atomic E-state index is 11.2. The maximum Gasteiger partial charge on any atom is 0.215 e. The molecule has 1 saturated heterocycles. The van der Waals surface area contributed by atoms with Crippen LogP contribution in [0.1, 0.15) is 36.8 Å². The van der Waals surface area contributed by atoms with Crippen molar-refractivity contribution in [1.29, 1.82) is 0 Å². The summed E-state index contributed by atoms with van der Waals surface area (Å²) in [5.41, 5.74) is 2.63. The molecule has 0 amide bonds. The number of hydrogen-bond acceptors (Lipinski definition) is 6. The molecule has 1 aliphatic heterocycles. The van der Waals surface area contributed by atoms with E-state index in [1.807, 2.05) is 48.5 Å². The predicted octanol–water partition coefficient (Wildman–Crippen LogP) is 5.38. The summed E-state index contributed by atoms with van der Waals surface area (Å²) in [7, 11) is 0. The molecule has 0 spiro atoms. The Kier molecular flexibility index (Phi) is 9.50. The second-order valence-corrected chi connectivity index (χ2v) is 14.2. The van der Waals surface area contributed by atoms with Gasteiger partial charge in [-0.3, -0.25) is 14.8 Å². The summed E-state index contributed by atoms with van der Waals surface area (Å²) >= 11 is 35.9. The van der Waals surface area contributed by atoms with Crippen molar-refractivity contribution in [1.82, 2.24) is 30.5 Å². The lowest BCUT2D eigenvalue weighted by atomic mass is 9.88. The van der Waals surface area contributed by atoms with Gasteiger partial charge in [0.1, 0.15) is 17.5 Å². The third-order valence-electron chi connectivity index (χ3n) is 8.14. The van der Waals surface area contributed by atoms with Crippen LogP contribution in [-0.4, -0.2) is 69.3 Å².